The van der Waals surface area contributed by atoms with E-state index in [0.717, 1.165) is 23.2 Å². The molecular formula is C9H15N. The van der Waals surface area contributed by atoms with Gasteiger partial charge in [-0.25, -0.2) is 0 Å². The van der Waals surface area contributed by atoms with Gasteiger partial charge < -0.3 is 5.73 Å². The Hall–Kier alpha value is -0.0400. The van der Waals surface area contributed by atoms with E-state index < -0.39 is 0 Å². The van der Waals surface area contributed by atoms with E-state index in [1.165, 1.54) is 19.3 Å². The highest BCUT2D eigenvalue weighted by Crippen LogP contribution is 2.79. The summed E-state index contributed by atoms with van der Waals surface area (Å²) in [4.78, 5) is 0. The molecule has 0 unspecified atom stereocenters. The molecule has 10 heavy (non-hydrogen) atoms. The molecule has 0 aromatic heterocycles. The molecule has 4 aliphatic rings. The predicted octanol–water partition coefficient (Wildman–Crippen LogP) is 1.38. The maximum absolute atomic E-state index is 6.07. The van der Waals surface area contributed by atoms with Crippen molar-refractivity contribution in [2.75, 3.05) is 0 Å². The molecule has 0 aromatic rings. The monoisotopic (exact) mass is 137 g/mol. The number of hydrogen-bond acceptors (Lipinski definition) is 1. The van der Waals surface area contributed by atoms with Crippen LogP contribution in [-0.4, -0.2) is 6.04 Å². The van der Waals surface area contributed by atoms with Crippen molar-refractivity contribution in [2.45, 2.75) is 32.2 Å². The van der Waals surface area contributed by atoms with Gasteiger partial charge in [0.1, 0.15) is 0 Å². The number of nitrogens with two attached hydrogens (primary N) is 1. The van der Waals surface area contributed by atoms with E-state index in [0.29, 0.717) is 6.04 Å². The summed E-state index contributed by atoms with van der Waals surface area (Å²) in [6.45, 7) is 2.34. The SMILES string of the molecule is CC[C@]12C[C@@H]3C[C@@H]1[C@@H]2[C@@H]3N. The average molecular weight is 137 g/mol. The average Bonchev–Trinajstić information content (AvgIpc) is 2.36. The molecule has 56 valence electrons. The van der Waals surface area contributed by atoms with E-state index in [1.54, 1.807) is 0 Å². The molecule has 4 saturated carbocycles. The Kier molecular flexibility index (Phi) is 0.722. The van der Waals surface area contributed by atoms with Gasteiger partial charge in [0.05, 0.1) is 0 Å². The molecule has 2 N–H and O–H groups in total. The highest BCUT2D eigenvalue weighted by molar-refractivity contribution is 5.26. The lowest BCUT2D eigenvalue weighted by molar-refractivity contribution is 0.463. The number of rotatable bonds is 1. The van der Waals surface area contributed by atoms with E-state index >= 15 is 0 Å². The third kappa shape index (κ3) is 0.334. The lowest BCUT2D eigenvalue weighted by Crippen LogP contribution is -2.23. The molecule has 0 aliphatic heterocycles. The summed E-state index contributed by atoms with van der Waals surface area (Å²) in [5, 5.41) is 0. The second kappa shape index (κ2) is 1.29. The van der Waals surface area contributed by atoms with Crippen molar-refractivity contribution in [1.29, 1.82) is 0 Å². The molecule has 0 aromatic carbocycles. The van der Waals surface area contributed by atoms with Gasteiger partial charge in [0.2, 0.25) is 0 Å². The van der Waals surface area contributed by atoms with Crippen LogP contribution < -0.4 is 5.73 Å². The van der Waals surface area contributed by atoms with Gasteiger partial charge in [0.15, 0.2) is 0 Å². The molecule has 0 spiro atoms. The van der Waals surface area contributed by atoms with Crippen LogP contribution in [-0.2, 0) is 0 Å². The molecule has 4 aliphatic carbocycles. The maximum atomic E-state index is 6.07. The highest BCUT2D eigenvalue weighted by atomic mass is 14.9. The van der Waals surface area contributed by atoms with Crippen molar-refractivity contribution in [3.05, 3.63) is 0 Å². The Morgan fingerprint density at radius 2 is 2.40 bits per heavy atom. The third-order valence-electron chi connectivity index (χ3n) is 4.54. The van der Waals surface area contributed by atoms with Crippen LogP contribution in [0.25, 0.3) is 0 Å². The molecule has 4 bridgehead atoms. The first-order chi connectivity index (χ1) is 4.79. The molecule has 1 nitrogen and oxygen atoms in total. The van der Waals surface area contributed by atoms with Crippen LogP contribution in [0.2, 0.25) is 0 Å². The smallest absolute Gasteiger partial charge is 0.0104 e. The predicted molar refractivity (Wildman–Crippen MR) is 40.4 cm³/mol. The first-order valence-corrected chi connectivity index (χ1v) is 4.55. The molecule has 4 rings (SSSR count). The summed E-state index contributed by atoms with van der Waals surface area (Å²) in [7, 11) is 0. The van der Waals surface area contributed by atoms with Gasteiger partial charge >= 0.3 is 0 Å². The fourth-order valence-electron chi connectivity index (χ4n) is 4.06. The van der Waals surface area contributed by atoms with Crippen LogP contribution >= 0.6 is 0 Å². The second-order valence-electron chi connectivity index (χ2n) is 4.50. The minimum Gasteiger partial charge on any atom is -0.327 e. The highest BCUT2D eigenvalue weighted by Gasteiger charge is 2.76. The first-order valence-electron chi connectivity index (χ1n) is 4.55. The summed E-state index contributed by atoms with van der Waals surface area (Å²) >= 11 is 0. The van der Waals surface area contributed by atoms with E-state index in [2.05, 4.69) is 6.92 Å². The van der Waals surface area contributed by atoms with E-state index in [4.69, 9.17) is 5.73 Å². The first kappa shape index (κ1) is 5.59. The third-order valence-corrected chi connectivity index (χ3v) is 4.54. The molecule has 5 atom stereocenters. The van der Waals surface area contributed by atoms with Crippen molar-refractivity contribution in [3.8, 4) is 0 Å². The summed E-state index contributed by atoms with van der Waals surface area (Å²) < 4.78 is 0. The lowest BCUT2D eigenvalue weighted by atomic mass is 10.0. The van der Waals surface area contributed by atoms with Gasteiger partial charge in [0.25, 0.3) is 0 Å². The van der Waals surface area contributed by atoms with Crippen molar-refractivity contribution >= 4 is 0 Å². The number of hydrogen-bond donors (Lipinski definition) is 1. The maximum Gasteiger partial charge on any atom is 0.0104 e. The fraction of sp³-hybridized carbons (Fsp3) is 1.00. The van der Waals surface area contributed by atoms with Gasteiger partial charge in [0, 0.05) is 6.04 Å². The lowest BCUT2D eigenvalue weighted by Gasteiger charge is -2.04. The molecule has 0 radical (unpaired) electrons. The Labute approximate surface area is 62.0 Å². The molecule has 1 heteroatoms. The summed E-state index contributed by atoms with van der Waals surface area (Å²) in [5.41, 5.74) is 6.85. The van der Waals surface area contributed by atoms with Gasteiger partial charge in [-0.3, -0.25) is 0 Å². The summed E-state index contributed by atoms with van der Waals surface area (Å²) in [6.07, 6.45) is 4.34. The van der Waals surface area contributed by atoms with Crippen molar-refractivity contribution < 1.29 is 0 Å². The minimum atomic E-state index is 0.602. The van der Waals surface area contributed by atoms with Crippen LogP contribution in [0.15, 0.2) is 0 Å². The van der Waals surface area contributed by atoms with Crippen LogP contribution in [0, 0.1) is 23.2 Å². The molecule has 0 saturated heterocycles. The Bertz CT molecular complexity index is 189. The largest absolute Gasteiger partial charge is 0.327 e. The molecular weight excluding hydrogens is 122 g/mol. The van der Waals surface area contributed by atoms with Crippen LogP contribution in [0.5, 0.6) is 0 Å². The summed E-state index contributed by atoms with van der Waals surface area (Å²) in [5.74, 6) is 2.95. The van der Waals surface area contributed by atoms with E-state index in [1.807, 2.05) is 0 Å². The van der Waals surface area contributed by atoms with Crippen LogP contribution in [0.4, 0.5) is 0 Å². The van der Waals surface area contributed by atoms with Gasteiger partial charge in [-0.2, -0.15) is 0 Å². The Balaban J connectivity index is 2.01. The summed E-state index contributed by atoms with van der Waals surface area (Å²) in [6, 6.07) is 0.602. The zero-order valence-corrected chi connectivity index (χ0v) is 6.51. The van der Waals surface area contributed by atoms with E-state index in [-0.39, 0.29) is 0 Å². The van der Waals surface area contributed by atoms with Gasteiger partial charge in [-0.1, -0.05) is 6.92 Å². The van der Waals surface area contributed by atoms with Crippen molar-refractivity contribution in [1.82, 2.24) is 0 Å². The Morgan fingerprint density at radius 1 is 1.60 bits per heavy atom. The topological polar surface area (TPSA) is 26.0 Å². The van der Waals surface area contributed by atoms with Crippen molar-refractivity contribution in [3.63, 3.8) is 0 Å². The van der Waals surface area contributed by atoms with Gasteiger partial charge in [-0.15, -0.1) is 0 Å². The Morgan fingerprint density at radius 3 is 2.60 bits per heavy atom. The molecule has 0 heterocycles. The van der Waals surface area contributed by atoms with Crippen molar-refractivity contribution in [2.24, 2.45) is 28.9 Å². The normalized spacial score (nSPS) is 69.0. The zero-order valence-electron chi connectivity index (χ0n) is 6.51. The van der Waals surface area contributed by atoms with E-state index in [9.17, 15) is 0 Å². The fourth-order valence-corrected chi connectivity index (χ4v) is 4.06. The van der Waals surface area contributed by atoms with Crippen LogP contribution in [0.1, 0.15) is 26.2 Å². The zero-order chi connectivity index (χ0) is 6.93. The van der Waals surface area contributed by atoms with Gasteiger partial charge in [-0.05, 0) is 42.4 Å². The quantitative estimate of drug-likeness (QED) is 0.580. The molecule has 4 fully saturated rings. The molecule has 0 amide bonds. The second-order valence-corrected chi connectivity index (χ2v) is 4.50. The minimum absolute atomic E-state index is 0.602. The standard InChI is InChI=1S/C9H15N/c1-2-9-4-5-3-6(9)7(9)8(5)10/h5-8H,2-4,10H2,1H3/t5-,6+,7+,8+,9-/m0/s1. The van der Waals surface area contributed by atoms with Crippen LogP contribution in [0.3, 0.4) is 0 Å².